The van der Waals surface area contributed by atoms with Crippen LogP contribution in [0.2, 0.25) is 0 Å². The van der Waals surface area contributed by atoms with Crippen molar-refractivity contribution in [2.75, 3.05) is 32.8 Å². The minimum atomic E-state index is -0.842. The molecule has 2 aliphatic heterocycles. The molecule has 1 amide bonds. The van der Waals surface area contributed by atoms with E-state index in [0.717, 1.165) is 72.6 Å². The van der Waals surface area contributed by atoms with Gasteiger partial charge in [-0.2, -0.15) is 0 Å². The highest BCUT2D eigenvalue weighted by molar-refractivity contribution is 5.82. The number of carbonyl (C=O) groups is 2. The van der Waals surface area contributed by atoms with Gasteiger partial charge in [-0.1, -0.05) is 66.7 Å². The molecule has 2 N–H and O–H groups in total. The molecule has 4 atom stereocenters. The smallest absolute Gasteiger partial charge is 0.303 e. The average molecular weight is 589 g/mol. The molecule has 2 heterocycles. The van der Waals surface area contributed by atoms with Crippen LogP contribution in [-0.2, 0) is 41.7 Å². The van der Waals surface area contributed by atoms with E-state index >= 15 is 0 Å². The molecule has 0 saturated carbocycles. The van der Waals surface area contributed by atoms with Gasteiger partial charge in [0.05, 0.1) is 32.0 Å². The highest BCUT2D eigenvalue weighted by Crippen LogP contribution is 2.38. The van der Waals surface area contributed by atoms with Gasteiger partial charge >= 0.3 is 5.97 Å². The average Bonchev–Trinajstić information content (AvgIpc) is 3.04. The maximum Gasteiger partial charge on any atom is 0.303 e. The molecule has 2 fully saturated rings. The Labute approximate surface area is 252 Å². The summed E-state index contributed by atoms with van der Waals surface area (Å²) in [5, 5.41) is 12.3. The molecular formula is C34H40N2O7. The van der Waals surface area contributed by atoms with Crippen LogP contribution in [0.1, 0.15) is 54.9 Å². The third kappa shape index (κ3) is 8.49. The molecule has 228 valence electrons. The Bertz CT molecular complexity index is 1360. The highest BCUT2D eigenvalue weighted by Gasteiger charge is 2.33. The highest BCUT2D eigenvalue weighted by atomic mass is 16.7. The van der Waals surface area contributed by atoms with Gasteiger partial charge in [-0.3, -0.25) is 14.5 Å². The fraction of sp³-hybridized carbons (Fsp3) is 0.412. The topological polar surface area (TPSA) is 107 Å². The van der Waals surface area contributed by atoms with Crippen molar-refractivity contribution >= 4 is 11.9 Å². The van der Waals surface area contributed by atoms with E-state index in [9.17, 15) is 14.7 Å². The Hall–Kier alpha value is -3.60. The van der Waals surface area contributed by atoms with E-state index < -0.39 is 18.4 Å². The Balaban J connectivity index is 1.28. The number of aliphatic hydroxyl groups is 1. The number of rotatable bonds is 10. The first-order valence-corrected chi connectivity index (χ1v) is 14.8. The standard InChI is InChI=1S/C34H40N2O7/c1-23(41-24(2)38)33(39)35-20-26-4-3-5-30(18-26)27-10-12-29(13-11-27)34-42-31(21-36-14-16-40-17-15-36)19-32(43-34)28-8-6-25(22-37)7-9-28/h3-13,18,23,31-32,34,37H,14-17,19-22H2,1-2H3,(H,35,39)/t23-,31-,32+,34+/m0/s1. The zero-order valence-electron chi connectivity index (χ0n) is 24.7. The predicted molar refractivity (Wildman–Crippen MR) is 161 cm³/mol. The summed E-state index contributed by atoms with van der Waals surface area (Å²) in [4.78, 5) is 25.8. The molecule has 0 spiro atoms. The second kappa shape index (κ2) is 14.7. The summed E-state index contributed by atoms with van der Waals surface area (Å²) in [5.74, 6) is -0.830. The lowest BCUT2D eigenvalue weighted by Crippen LogP contribution is -2.44. The molecule has 0 aliphatic carbocycles. The number of nitrogens with one attached hydrogen (secondary N) is 1. The largest absolute Gasteiger partial charge is 0.453 e. The molecule has 0 unspecified atom stereocenters. The Kier molecular flexibility index (Phi) is 10.6. The first-order chi connectivity index (χ1) is 20.9. The monoisotopic (exact) mass is 588 g/mol. The van der Waals surface area contributed by atoms with E-state index in [0.29, 0.717) is 6.54 Å². The Morgan fingerprint density at radius 2 is 1.67 bits per heavy atom. The first-order valence-electron chi connectivity index (χ1n) is 14.8. The molecule has 0 aromatic heterocycles. The molecule has 9 heteroatoms. The van der Waals surface area contributed by atoms with Crippen LogP contribution >= 0.6 is 0 Å². The Morgan fingerprint density at radius 1 is 0.953 bits per heavy atom. The molecule has 0 radical (unpaired) electrons. The zero-order valence-corrected chi connectivity index (χ0v) is 24.7. The van der Waals surface area contributed by atoms with E-state index in [1.54, 1.807) is 6.92 Å². The van der Waals surface area contributed by atoms with Crippen LogP contribution in [0.15, 0.2) is 72.8 Å². The fourth-order valence-electron chi connectivity index (χ4n) is 5.43. The predicted octanol–water partition coefficient (Wildman–Crippen LogP) is 4.29. The molecule has 2 aliphatic rings. The number of esters is 1. The van der Waals surface area contributed by atoms with Gasteiger partial charge in [-0.15, -0.1) is 0 Å². The number of nitrogens with zero attached hydrogens (tertiary/aromatic N) is 1. The van der Waals surface area contributed by atoms with Gasteiger partial charge in [0.2, 0.25) is 0 Å². The van der Waals surface area contributed by atoms with Gasteiger partial charge < -0.3 is 29.4 Å². The van der Waals surface area contributed by atoms with E-state index in [1.165, 1.54) is 6.92 Å². The number of morpholine rings is 1. The number of aliphatic hydroxyl groups excluding tert-OH is 1. The molecule has 2 saturated heterocycles. The van der Waals surface area contributed by atoms with Crippen LogP contribution in [0.25, 0.3) is 11.1 Å². The van der Waals surface area contributed by atoms with E-state index in [1.807, 2.05) is 60.7 Å². The third-order valence-electron chi connectivity index (χ3n) is 7.80. The molecular weight excluding hydrogens is 548 g/mol. The normalized spacial score (nSPS) is 21.6. The van der Waals surface area contributed by atoms with E-state index in [2.05, 4.69) is 22.3 Å². The minimum Gasteiger partial charge on any atom is -0.453 e. The summed E-state index contributed by atoms with van der Waals surface area (Å²) < 4.78 is 23.5. The van der Waals surface area contributed by atoms with E-state index in [-0.39, 0.29) is 24.7 Å². The van der Waals surface area contributed by atoms with Crippen molar-refractivity contribution < 1.29 is 33.6 Å². The molecule has 0 bridgehead atoms. The van der Waals surface area contributed by atoms with Crippen molar-refractivity contribution in [1.29, 1.82) is 0 Å². The van der Waals surface area contributed by atoms with Gasteiger partial charge in [-0.05, 0) is 40.8 Å². The van der Waals surface area contributed by atoms with Gasteiger partial charge in [0, 0.05) is 45.1 Å². The van der Waals surface area contributed by atoms with Crippen LogP contribution in [0.4, 0.5) is 0 Å². The minimum absolute atomic E-state index is 0.00509. The number of ether oxygens (including phenoxy) is 4. The number of amides is 1. The van der Waals surface area contributed by atoms with Crippen molar-refractivity contribution in [2.24, 2.45) is 0 Å². The van der Waals surface area contributed by atoms with Crippen molar-refractivity contribution in [3.05, 3.63) is 95.1 Å². The summed E-state index contributed by atoms with van der Waals surface area (Å²) in [7, 11) is 0. The lowest BCUT2D eigenvalue weighted by Gasteiger charge is -2.39. The Morgan fingerprint density at radius 3 is 2.37 bits per heavy atom. The second-order valence-corrected chi connectivity index (χ2v) is 11.1. The molecule has 43 heavy (non-hydrogen) atoms. The molecule has 5 rings (SSSR count). The summed E-state index contributed by atoms with van der Waals surface area (Å²) in [6, 6.07) is 24.1. The van der Waals surface area contributed by atoms with Gasteiger partial charge in [-0.25, -0.2) is 0 Å². The van der Waals surface area contributed by atoms with Gasteiger partial charge in [0.25, 0.3) is 5.91 Å². The summed E-state index contributed by atoms with van der Waals surface area (Å²) in [6.07, 6.45) is -0.752. The van der Waals surface area contributed by atoms with Crippen LogP contribution in [0.3, 0.4) is 0 Å². The number of carbonyl (C=O) groups excluding carboxylic acids is 2. The summed E-state index contributed by atoms with van der Waals surface area (Å²) in [6.45, 7) is 7.24. The first kappa shape index (κ1) is 30.8. The van der Waals surface area contributed by atoms with E-state index in [4.69, 9.17) is 18.9 Å². The van der Waals surface area contributed by atoms with Crippen molar-refractivity contribution in [3.8, 4) is 11.1 Å². The maximum absolute atomic E-state index is 12.2. The van der Waals surface area contributed by atoms with Crippen molar-refractivity contribution in [3.63, 3.8) is 0 Å². The second-order valence-electron chi connectivity index (χ2n) is 11.1. The summed E-state index contributed by atoms with van der Waals surface area (Å²) >= 11 is 0. The quantitative estimate of drug-likeness (QED) is 0.338. The van der Waals surface area contributed by atoms with Gasteiger partial charge in [0.15, 0.2) is 12.4 Å². The lowest BCUT2D eigenvalue weighted by atomic mass is 9.99. The lowest BCUT2D eigenvalue weighted by molar-refractivity contribution is -0.253. The van der Waals surface area contributed by atoms with Crippen molar-refractivity contribution in [1.82, 2.24) is 10.2 Å². The van der Waals surface area contributed by atoms with Crippen LogP contribution in [0.5, 0.6) is 0 Å². The number of benzene rings is 3. The van der Waals surface area contributed by atoms with Crippen LogP contribution < -0.4 is 5.32 Å². The van der Waals surface area contributed by atoms with Crippen LogP contribution in [0, 0.1) is 0 Å². The molecule has 3 aromatic rings. The fourth-order valence-corrected chi connectivity index (χ4v) is 5.43. The SMILES string of the molecule is CC(=O)O[C@@H](C)C(=O)NCc1cccc(-c2ccc([C@@H]3O[C@H](CN4CCOCC4)C[C@H](c4ccc(CO)cc4)O3)cc2)c1. The maximum atomic E-state index is 12.2. The zero-order chi connectivity index (χ0) is 30.2. The molecule has 3 aromatic carbocycles. The number of hydrogen-bond donors (Lipinski definition) is 2. The van der Waals surface area contributed by atoms with Crippen LogP contribution in [-0.4, -0.2) is 66.9 Å². The van der Waals surface area contributed by atoms with Gasteiger partial charge in [0.1, 0.15) is 0 Å². The third-order valence-corrected chi connectivity index (χ3v) is 7.80. The molecule has 9 nitrogen and oxygen atoms in total. The number of hydrogen-bond acceptors (Lipinski definition) is 8. The van der Waals surface area contributed by atoms with Crippen molar-refractivity contribution in [2.45, 2.75) is 58.0 Å². The summed E-state index contributed by atoms with van der Waals surface area (Å²) in [5.41, 5.74) is 5.86.